The van der Waals surface area contributed by atoms with Gasteiger partial charge < -0.3 is 14.8 Å². The molecule has 2 aromatic carbocycles. The molecule has 2 aromatic rings. The van der Waals surface area contributed by atoms with E-state index in [0.717, 1.165) is 8.04 Å². The molecular weight excluding hydrogens is 449 g/mol. The lowest BCUT2D eigenvalue weighted by Gasteiger charge is -2.19. The Balaban J connectivity index is 1.83. The van der Waals surface area contributed by atoms with E-state index in [-0.39, 0.29) is 5.91 Å². The van der Waals surface area contributed by atoms with Crippen molar-refractivity contribution in [1.82, 2.24) is 0 Å². The number of halogens is 2. The van der Waals surface area contributed by atoms with Crippen molar-refractivity contribution in [3.05, 3.63) is 50.0 Å². The Hall–Kier alpha value is -1.28. The van der Waals surface area contributed by atoms with Crippen LogP contribution in [0.3, 0.4) is 0 Å². The van der Waals surface area contributed by atoms with Gasteiger partial charge in [0.2, 0.25) is 0 Å². The van der Waals surface area contributed by atoms with Gasteiger partial charge in [-0.25, -0.2) is 0 Å². The summed E-state index contributed by atoms with van der Waals surface area (Å²) in [6.07, 6.45) is 0. The molecule has 0 atom stereocenters. The second kappa shape index (κ2) is 6.23. The molecule has 0 radical (unpaired) electrons. The van der Waals surface area contributed by atoms with Crippen LogP contribution in [0.25, 0.3) is 0 Å². The lowest BCUT2D eigenvalue weighted by Crippen LogP contribution is -2.16. The first-order valence-electron chi connectivity index (χ1n) is 6.29. The molecule has 0 fully saturated rings. The van der Waals surface area contributed by atoms with E-state index in [9.17, 15) is 4.79 Å². The summed E-state index contributed by atoms with van der Waals surface area (Å²) in [7, 11) is 0. The van der Waals surface area contributed by atoms with Crippen LogP contribution in [-0.2, 0) is 0 Å². The van der Waals surface area contributed by atoms with E-state index in [0.29, 0.717) is 36.0 Å². The van der Waals surface area contributed by atoms with Crippen molar-refractivity contribution in [2.24, 2.45) is 0 Å². The zero-order chi connectivity index (χ0) is 14.8. The Labute approximate surface area is 144 Å². The monoisotopic (exact) mass is 459 g/mol. The maximum absolute atomic E-state index is 12.3. The van der Waals surface area contributed by atoms with E-state index in [1.54, 1.807) is 18.2 Å². The summed E-state index contributed by atoms with van der Waals surface area (Å²) < 4.78 is 12.7. The number of amides is 1. The van der Waals surface area contributed by atoms with Crippen molar-refractivity contribution in [2.75, 3.05) is 18.5 Å². The molecule has 108 valence electrons. The molecule has 0 spiro atoms. The van der Waals surface area contributed by atoms with E-state index in [1.165, 1.54) is 0 Å². The Morgan fingerprint density at radius 3 is 2.67 bits per heavy atom. The first-order chi connectivity index (χ1) is 10.1. The molecule has 1 N–H and O–H groups in total. The van der Waals surface area contributed by atoms with E-state index in [1.807, 2.05) is 18.2 Å². The second-order valence-electron chi connectivity index (χ2n) is 4.44. The van der Waals surface area contributed by atoms with Gasteiger partial charge in [-0.05, 0) is 68.9 Å². The molecule has 0 saturated heterocycles. The van der Waals surface area contributed by atoms with Crippen molar-refractivity contribution >= 4 is 50.1 Å². The largest absolute Gasteiger partial charge is 0.486 e. The van der Waals surface area contributed by atoms with Crippen LogP contribution >= 0.6 is 38.5 Å². The van der Waals surface area contributed by atoms with Gasteiger partial charge >= 0.3 is 0 Å². The molecule has 1 heterocycles. The quantitative estimate of drug-likeness (QED) is 0.688. The number of rotatable bonds is 2. The van der Waals surface area contributed by atoms with Crippen molar-refractivity contribution < 1.29 is 14.3 Å². The first-order valence-corrected chi connectivity index (χ1v) is 8.17. The average molecular weight is 460 g/mol. The van der Waals surface area contributed by atoms with Gasteiger partial charge in [-0.1, -0.05) is 0 Å². The molecule has 0 aliphatic carbocycles. The van der Waals surface area contributed by atoms with Crippen molar-refractivity contribution in [3.63, 3.8) is 0 Å². The smallest absolute Gasteiger partial charge is 0.256 e. The third-order valence-corrected chi connectivity index (χ3v) is 4.34. The zero-order valence-electron chi connectivity index (χ0n) is 10.9. The highest BCUT2D eigenvalue weighted by molar-refractivity contribution is 14.1. The van der Waals surface area contributed by atoms with E-state index in [2.05, 4.69) is 43.8 Å². The highest BCUT2D eigenvalue weighted by atomic mass is 127. The molecule has 0 unspecified atom stereocenters. The Kier molecular flexibility index (Phi) is 4.34. The SMILES string of the molecule is O=C(Nc1ccc2c(c1)OCCO2)c1cc(I)ccc1Br. The standard InChI is InChI=1S/C15H11BrINO3/c16-12-3-1-9(17)7-11(12)15(19)18-10-2-4-13-14(8-10)21-6-5-20-13/h1-4,7-8H,5-6H2,(H,18,19). The summed E-state index contributed by atoms with van der Waals surface area (Å²) in [5.41, 5.74) is 1.27. The summed E-state index contributed by atoms with van der Waals surface area (Å²) in [5, 5.41) is 2.87. The minimum atomic E-state index is -0.169. The minimum absolute atomic E-state index is 0.169. The molecule has 4 nitrogen and oxygen atoms in total. The van der Waals surface area contributed by atoms with Crippen LogP contribution < -0.4 is 14.8 Å². The maximum Gasteiger partial charge on any atom is 0.256 e. The number of nitrogens with one attached hydrogen (secondary N) is 1. The average Bonchev–Trinajstić information content (AvgIpc) is 2.49. The fourth-order valence-corrected chi connectivity index (χ4v) is 2.91. The fourth-order valence-electron chi connectivity index (χ4n) is 1.99. The Morgan fingerprint density at radius 1 is 1.10 bits per heavy atom. The van der Waals surface area contributed by atoms with Crippen LogP contribution in [0.15, 0.2) is 40.9 Å². The van der Waals surface area contributed by atoms with Gasteiger partial charge in [-0.2, -0.15) is 0 Å². The molecule has 1 amide bonds. The maximum atomic E-state index is 12.3. The van der Waals surface area contributed by atoms with E-state index in [4.69, 9.17) is 9.47 Å². The number of benzene rings is 2. The summed E-state index contributed by atoms with van der Waals surface area (Å²) in [4.78, 5) is 12.3. The van der Waals surface area contributed by atoms with Gasteiger partial charge in [0.25, 0.3) is 5.91 Å². The number of hydrogen-bond donors (Lipinski definition) is 1. The number of hydrogen-bond acceptors (Lipinski definition) is 3. The highest BCUT2D eigenvalue weighted by Crippen LogP contribution is 2.33. The van der Waals surface area contributed by atoms with Crippen LogP contribution in [-0.4, -0.2) is 19.1 Å². The molecule has 0 bridgehead atoms. The van der Waals surface area contributed by atoms with Crippen molar-refractivity contribution in [2.45, 2.75) is 0 Å². The summed E-state index contributed by atoms with van der Waals surface area (Å²) in [5.74, 6) is 1.19. The molecule has 0 aromatic heterocycles. The molecule has 6 heteroatoms. The molecule has 1 aliphatic rings. The summed E-state index contributed by atoms with van der Waals surface area (Å²) in [6.45, 7) is 1.07. The third kappa shape index (κ3) is 3.32. The molecular formula is C15H11BrINO3. The Morgan fingerprint density at radius 2 is 1.86 bits per heavy atom. The number of carbonyl (C=O) groups excluding carboxylic acids is 1. The normalized spacial score (nSPS) is 12.9. The summed E-state index contributed by atoms with van der Waals surface area (Å²) in [6, 6.07) is 11.0. The van der Waals surface area contributed by atoms with E-state index >= 15 is 0 Å². The minimum Gasteiger partial charge on any atom is -0.486 e. The van der Waals surface area contributed by atoms with Gasteiger partial charge in [0.1, 0.15) is 13.2 Å². The van der Waals surface area contributed by atoms with Gasteiger partial charge in [-0.3, -0.25) is 4.79 Å². The molecule has 0 saturated carbocycles. The predicted octanol–water partition coefficient (Wildman–Crippen LogP) is 4.08. The predicted molar refractivity (Wildman–Crippen MR) is 92.2 cm³/mol. The van der Waals surface area contributed by atoms with Crippen LogP contribution in [0.4, 0.5) is 5.69 Å². The second-order valence-corrected chi connectivity index (χ2v) is 6.54. The number of fused-ring (bicyclic) bond motifs is 1. The zero-order valence-corrected chi connectivity index (χ0v) is 14.6. The highest BCUT2D eigenvalue weighted by Gasteiger charge is 2.15. The van der Waals surface area contributed by atoms with Crippen molar-refractivity contribution in [1.29, 1.82) is 0 Å². The van der Waals surface area contributed by atoms with Crippen LogP contribution in [0.5, 0.6) is 11.5 Å². The first kappa shape index (κ1) is 14.6. The van der Waals surface area contributed by atoms with E-state index < -0.39 is 0 Å². The summed E-state index contributed by atoms with van der Waals surface area (Å²) >= 11 is 5.57. The van der Waals surface area contributed by atoms with Gasteiger partial charge in [-0.15, -0.1) is 0 Å². The van der Waals surface area contributed by atoms with Gasteiger partial charge in [0.15, 0.2) is 11.5 Å². The number of anilines is 1. The Bertz CT molecular complexity index is 705. The number of carbonyl (C=O) groups is 1. The molecule has 21 heavy (non-hydrogen) atoms. The lowest BCUT2D eigenvalue weighted by atomic mass is 10.2. The van der Waals surface area contributed by atoms with Gasteiger partial charge in [0, 0.05) is 19.8 Å². The van der Waals surface area contributed by atoms with Gasteiger partial charge in [0.05, 0.1) is 5.56 Å². The topological polar surface area (TPSA) is 47.6 Å². The van der Waals surface area contributed by atoms with Crippen molar-refractivity contribution in [3.8, 4) is 11.5 Å². The number of ether oxygens (including phenoxy) is 2. The van der Waals surface area contributed by atoms with Crippen LogP contribution in [0.1, 0.15) is 10.4 Å². The fraction of sp³-hybridized carbons (Fsp3) is 0.133. The van der Waals surface area contributed by atoms with Crippen LogP contribution in [0.2, 0.25) is 0 Å². The molecule has 3 rings (SSSR count). The molecule has 1 aliphatic heterocycles. The lowest BCUT2D eigenvalue weighted by molar-refractivity contribution is 0.102. The van der Waals surface area contributed by atoms with Crippen LogP contribution in [0, 0.1) is 3.57 Å². The third-order valence-electron chi connectivity index (χ3n) is 2.97.